The van der Waals surface area contributed by atoms with Gasteiger partial charge in [-0.05, 0) is 19.1 Å². The molecule has 3 nitrogen and oxygen atoms in total. The number of hydrogen-bond donors (Lipinski definition) is 2. The Bertz CT molecular complexity index is 682. The van der Waals surface area contributed by atoms with E-state index < -0.39 is 0 Å². The topological polar surface area (TPSA) is 54.7 Å². The second-order valence-electron chi connectivity index (χ2n) is 4.40. The van der Waals surface area contributed by atoms with Gasteiger partial charge in [-0.25, -0.2) is 4.98 Å². The van der Waals surface area contributed by atoms with Crippen molar-refractivity contribution in [2.24, 2.45) is 5.73 Å². The Morgan fingerprint density at radius 1 is 1.16 bits per heavy atom. The number of hydrogen-bond acceptors (Lipinski definition) is 3. The van der Waals surface area contributed by atoms with E-state index >= 15 is 0 Å². The van der Waals surface area contributed by atoms with Gasteiger partial charge in [0, 0.05) is 22.7 Å². The fourth-order valence-corrected chi connectivity index (χ4v) is 2.90. The number of H-pyrrole nitrogens is 1. The van der Waals surface area contributed by atoms with Crippen molar-refractivity contribution < 1.29 is 0 Å². The van der Waals surface area contributed by atoms with Crippen LogP contribution < -0.4 is 5.73 Å². The largest absolute Gasteiger partial charge is 0.341 e. The summed E-state index contributed by atoms with van der Waals surface area (Å²) >= 11 is 1.68. The number of imidazole rings is 1. The van der Waals surface area contributed by atoms with E-state index in [2.05, 4.69) is 36.2 Å². The average molecular weight is 269 g/mol. The van der Waals surface area contributed by atoms with Crippen LogP contribution in [0.25, 0.3) is 22.0 Å². The quantitative estimate of drug-likeness (QED) is 0.763. The van der Waals surface area contributed by atoms with Crippen LogP contribution >= 0.6 is 11.3 Å². The zero-order valence-electron chi connectivity index (χ0n) is 10.7. The summed E-state index contributed by atoms with van der Waals surface area (Å²) in [6.07, 6.45) is 0. The number of rotatable bonds is 3. The minimum atomic E-state index is 0.579. The maximum absolute atomic E-state index is 5.65. The normalized spacial score (nSPS) is 10.8. The maximum Gasteiger partial charge on any atom is 0.148 e. The number of benzene rings is 1. The summed E-state index contributed by atoms with van der Waals surface area (Å²) in [6, 6.07) is 14.3. The number of nitrogens with zero attached hydrogens (tertiary/aromatic N) is 1. The average Bonchev–Trinajstić information content (AvgIpc) is 3.06. The summed E-state index contributed by atoms with van der Waals surface area (Å²) in [5, 5.41) is 0. The minimum absolute atomic E-state index is 0.579. The van der Waals surface area contributed by atoms with E-state index in [0.717, 1.165) is 27.7 Å². The van der Waals surface area contributed by atoms with E-state index in [9.17, 15) is 0 Å². The Balaban J connectivity index is 2.02. The highest BCUT2D eigenvalue weighted by molar-refractivity contribution is 7.15. The Hall–Kier alpha value is -1.91. The molecule has 3 N–H and O–H groups in total. The van der Waals surface area contributed by atoms with Gasteiger partial charge in [-0.1, -0.05) is 30.3 Å². The standard InChI is InChI=1S/C15H15N3S/c1-10-14(11-5-3-2-4-6-11)18-15(17-10)13-8-7-12(9-16)19-13/h2-8H,9,16H2,1H3,(H,17,18). The third-order valence-electron chi connectivity index (χ3n) is 3.03. The third-order valence-corrected chi connectivity index (χ3v) is 4.14. The summed E-state index contributed by atoms with van der Waals surface area (Å²) in [5.74, 6) is 0.918. The molecule has 0 aliphatic carbocycles. The highest BCUT2D eigenvalue weighted by atomic mass is 32.1. The molecule has 1 aromatic carbocycles. The SMILES string of the molecule is Cc1[nH]c(-c2ccc(CN)s2)nc1-c1ccccc1. The van der Waals surface area contributed by atoms with Crippen molar-refractivity contribution in [2.45, 2.75) is 13.5 Å². The minimum Gasteiger partial charge on any atom is -0.341 e. The lowest BCUT2D eigenvalue weighted by Crippen LogP contribution is -1.91. The second kappa shape index (κ2) is 4.99. The molecule has 0 spiro atoms. The van der Waals surface area contributed by atoms with Gasteiger partial charge in [-0.15, -0.1) is 11.3 Å². The van der Waals surface area contributed by atoms with Gasteiger partial charge < -0.3 is 10.7 Å². The van der Waals surface area contributed by atoms with Crippen molar-refractivity contribution >= 4 is 11.3 Å². The van der Waals surface area contributed by atoms with Crippen LogP contribution in [0, 0.1) is 6.92 Å². The molecule has 0 atom stereocenters. The van der Waals surface area contributed by atoms with Crippen molar-refractivity contribution in [3.63, 3.8) is 0 Å². The summed E-state index contributed by atoms with van der Waals surface area (Å²) in [7, 11) is 0. The maximum atomic E-state index is 5.65. The highest BCUT2D eigenvalue weighted by Crippen LogP contribution is 2.29. The van der Waals surface area contributed by atoms with Crippen LogP contribution in [0.2, 0.25) is 0 Å². The molecule has 4 heteroatoms. The van der Waals surface area contributed by atoms with Gasteiger partial charge in [0.15, 0.2) is 0 Å². The second-order valence-corrected chi connectivity index (χ2v) is 5.56. The molecule has 0 aliphatic heterocycles. The van der Waals surface area contributed by atoms with Gasteiger partial charge >= 0.3 is 0 Å². The van der Waals surface area contributed by atoms with Gasteiger partial charge in [0.1, 0.15) is 5.82 Å². The van der Waals surface area contributed by atoms with Crippen LogP contribution in [0.1, 0.15) is 10.6 Å². The Morgan fingerprint density at radius 2 is 1.95 bits per heavy atom. The number of thiophene rings is 1. The number of aromatic nitrogens is 2. The van der Waals surface area contributed by atoms with Crippen molar-refractivity contribution in [3.8, 4) is 22.0 Å². The van der Waals surface area contributed by atoms with E-state index in [1.54, 1.807) is 11.3 Å². The van der Waals surface area contributed by atoms with Crippen molar-refractivity contribution in [3.05, 3.63) is 53.0 Å². The first-order valence-corrected chi connectivity index (χ1v) is 7.01. The van der Waals surface area contributed by atoms with Gasteiger partial charge in [0.05, 0.1) is 10.6 Å². The number of nitrogens with one attached hydrogen (secondary N) is 1. The van der Waals surface area contributed by atoms with Gasteiger partial charge in [-0.2, -0.15) is 0 Å². The number of aromatic amines is 1. The molecule has 2 aromatic heterocycles. The first-order valence-electron chi connectivity index (χ1n) is 6.19. The molecule has 0 aliphatic rings. The first-order chi connectivity index (χ1) is 9.28. The summed E-state index contributed by atoms with van der Waals surface area (Å²) in [4.78, 5) is 10.4. The number of nitrogens with two attached hydrogens (primary N) is 1. The zero-order chi connectivity index (χ0) is 13.2. The molecule has 0 radical (unpaired) electrons. The predicted molar refractivity (Wildman–Crippen MR) is 80.0 cm³/mol. The van der Waals surface area contributed by atoms with E-state index in [1.165, 1.54) is 4.88 Å². The molecule has 3 rings (SSSR count). The van der Waals surface area contributed by atoms with Crippen molar-refractivity contribution in [2.75, 3.05) is 0 Å². The van der Waals surface area contributed by atoms with E-state index in [4.69, 9.17) is 10.7 Å². The Morgan fingerprint density at radius 3 is 2.63 bits per heavy atom. The van der Waals surface area contributed by atoms with Gasteiger partial charge in [0.2, 0.25) is 0 Å². The smallest absolute Gasteiger partial charge is 0.148 e. The monoisotopic (exact) mass is 269 g/mol. The van der Waals surface area contributed by atoms with Crippen LogP contribution in [-0.4, -0.2) is 9.97 Å². The van der Waals surface area contributed by atoms with Gasteiger partial charge in [0.25, 0.3) is 0 Å². The van der Waals surface area contributed by atoms with Crippen LogP contribution in [0.4, 0.5) is 0 Å². The Kier molecular flexibility index (Phi) is 3.19. The molecule has 0 saturated heterocycles. The molecule has 2 heterocycles. The molecule has 0 unspecified atom stereocenters. The fraction of sp³-hybridized carbons (Fsp3) is 0.133. The van der Waals surface area contributed by atoms with Crippen molar-refractivity contribution in [1.29, 1.82) is 0 Å². The Labute approximate surface area is 116 Å². The van der Waals surface area contributed by atoms with E-state index in [-0.39, 0.29) is 0 Å². The molecule has 19 heavy (non-hydrogen) atoms. The summed E-state index contributed by atoms with van der Waals surface area (Å²) in [6.45, 7) is 2.63. The summed E-state index contributed by atoms with van der Waals surface area (Å²) < 4.78 is 0. The van der Waals surface area contributed by atoms with Crippen LogP contribution in [0.3, 0.4) is 0 Å². The van der Waals surface area contributed by atoms with Gasteiger partial charge in [-0.3, -0.25) is 0 Å². The van der Waals surface area contributed by atoms with Crippen molar-refractivity contribution in [1.82, 2.24) is 9.97 Å². The van der Waals surface area contributed by atoms with Crippen LogP contribution in [-0.2, 0) is 6.54 Å². The predicted octanol–water partition coefficient (Wildman–Crippen LogP) is 3.57. The molecule has 0 amide bonds. The fourth-order valence-electron chi connectivity index (χ4n) is 2.07. The lowest BCUT2D eigenvalue weighted by Gasteiger charge is -1.96. The molecule has 96 valence electrons. The lowest BCUT2D eigenvalue weighted by atomic mass is 10.1. The lowest BCUT2D eigenvalue weighted by molar-refractivity contribution is 1.11. The van der Waals surface area contributed by atoms with E-state index in [1.807, 2.05) is 18.2 Å². The van der Waals surface area contributed by atoms with Crippen LogP contribution in [0.5, 0.6) is 0 Å². The number of aryl methyl sites for hydroxylation is 1. The zero-order valence-corrected chi connectivity index (χ0v) is 11.5. The molecule has 0 saturated carbocycles. The molecule has 0 fully saturated rings. The third kappa shape index (κ3) is 2.32. The molecule has 3 aromatic rings. The summed E-state index contributed by atoms with van der Waals surface area (Å²) in [5.41, 5.74) is 8.88. The highest BCUT2D eigenvalue weighted by Gasteiger charge is 2.11. The van der Waals surface area contributed by atoms with E-state index in [0.29, 0.717) is 6.54 Å². The van der Waals surface area contributed by atoms with Crippen LogP contribution in [0.15, 0.2) is 42.5 Å². The molecular formula is C15H15N3S. The molecule has 0 bridgehead atoms. The first kappa shape index (κ1) is 12.1. The molecular weight excluding hydrogens is 254 g/mol.